The van der Waals surface area contributed by atoms with Gasteiger partial charge in [-0.05, 0) is 61.7 Å². The quantitative estimate of drug-likeness (QED) is 0.677. The molecule has 4 nitrogen and oxygen atoms in total. The average molecular weight is 385 g/mol. The second-order valence-electron chi connectivity index (χ2n) is 6.79. The van der Waals surface area contributed by atoms with Crippen molar-refractivity contribution in [2.45, 2.75) is 32.0 Å². The molecule has 0 unspecified atom stereocenters. The molecule has 1 aliphatic heterocycles. The number of alkyl halides is 3. The topological polar surface area (TPSA) is 46.9 Å². The molecule has 28 heavy (non-hydrogen) atoms. The standard InChI is InChI=1S/C21H18F3N3O/c22-21(23,24)16-5-3-4-15(12-16)20(28)26-17-9-7-14(8-10-17)19-25-13-18-6-1-2-11-27(18)19/h3-5,7-10,12-13H,1-2,6,11H2,(H,26,28). The minimum Gasteiger partial charge on any atom is -0.328 e. The van der Waals surface area contributed by atoms with E-state index in [1.54, 1.807) is 12.1 Å². The van der Waals surface area contributed by atoms with Crippen molar-refractivity contribution in [1.82, 2.24) is 9.55 Å². The number of fused-ring (bicyclic) bond motifs is 1. The van der Waals surface area contributed by atoms with Crippen LogP contribution >= 0.6 is 0 Å². The number of aryl methyl sites for hydroxylation is 1. The van der Waals surface area contributed by atoms with Gasteiger partial charge in [-0.15, -0.1) is 0 Å². The van der Waals surface area contributed by atoms with Crippen LogP contribution in [0.5, 0.6) is 0 Å². The molecular formula is C21H18F3N3O. The van der Waals surface area contributed by atoms with E-state index in [-0.39, 0.29) is 5.56 Å². The molecule has 2 aromatic carbocycles. The molecule has 144 valence electrons. The van der Waals surface area contributed by atoms with E-state index in [0.717, 1.165) is 42.9 Å². The summed E-state index contributed by atoms with van der Waals surface area (Å²) in [5.74, 6) is 0.308. The van der Waals surface area contributed by atoms with Gasteiger partial charge in [-0.3, -0.25) is 4.79 Å². The van der Waals surface area contributed by atoms with Crippen molar-refractivity contribution >= 4 is 11.6 Å². The average Bonchev–Trinajstić information content (AvgIpc) is 3.12. The third kappa shape index (κ3) is 3.65. The van der Waals surface area contributed by atoms with Gasteiger partial charge in [0.25, 0.3) is 5.91 Å². The fourth-order valence-electron chi connectivity index (χ4n) is 3.41. The fourth-order valence-corrected chi connectivity index (χ4v) is 3.41. The molecule has 0 radical (unpaired) electrons. The maximum Gasteiger partial charge on any atom is 0.416 e. The van der Waals surface area contributed by atoms with Crippen LogP contribution in [0.25, 0.3) is 11.4 Å². The first-order chi connectivity index (χ1) is 13.4. The number of hydrogen-bond donors (Lipinski definition) is 1. The Balaban J connectivity index is 1.51. The Morgan fingerprint density at radius 1 is 1.07 bits per heavy atom. The predicted molar refractivity (Wildman–Crippen MR) is 100.0 cm³/mol. The molecule has 0 aliphatic carbocycles. The summed E-state index contributed by atoms with van der Waals surface area (Å²) >= 11 is 0. The van der Waals surface area contributed by atoms with Crippen LogP contribution in [0, 0.1) is 0 Å². The number of carbonyl (C=O) groups is 1. The highest BCUT2D eigenvalue weighted by molar-refractivity contribution is 6.04. The number of carbonyl (C=O) groups excluding carboxylic acids is 1. The van der Waals surface area contributed by atoms with E-state index in [1.165, 1.54) is 24.2 Å². The van der Waals surface area contributed by atoms with E-state index in [9.17, 15) is 18.0 Å². The largest absolute Gasteiger partial charge is 0.416 e. The number of nitrogens with zero attached hydrogens (tertiary/aromatic N) is 2. The normalized spacial score (nSPS) is 13.8. The summed E-state index contributed by atoms with van der Waals surface area (Å²) in [5.41, 5.74) is 1.78. The lowest BCUT2D eigenvalue weighted by Crippen LogP contribution is -2.14. The third-order valence-corrected chi connectivity index (χ3v) is 4.86. The second-order valence-corrected chi connectivity index (χ2v) is 6.79. The molecule has 0 fully saturated rings. The molecular weight excluding hydrogens is 367 g/mol. The van der Waals surface area contributed by atoms with Crippen molar-refractivity contribution in [3.05, 3.63) is 71.5 Å². The maximum absolute atomic E-state index is 12.8. The Labute approximate surface area is 160 Å². The van der Waals surface area contributed by atoms with Crippen LogP contribution in [0.4, 0.5) is 18.9 Å². The smallest absolute Gasteiger partial charge is 0.328 e. The summed E-state index contributed by atoms with van der Waals surface area (Å²) in [6.45, 7) is 0.943. The summed E-state index contributed by atoms with van der Waals surface area (Å²) in [7, 11) is 0. The molecule has 3 aromatic rings. The van der Waals surface area contributed by atoms with Gasteiger partial charge in [0.1, 0.15) is 5.82 Å². The molecule has 4 rings (SSSR count). The molecule has 1 aliphatic rings. The highest BCUT2D eigenvalue weighted by atomic mass is 19.4. The fraction of sp³-hybridized carbons (Fsp3) is 0.238. The second kappa shape index (κ2) is 7.14. The lowest BCUT2D eigenvalue weighted by Gasteiger charge is -2.16. The minimum absolute atomic E-state index is 0.0405. The number of nitrogens with one attached hydrogen (secondary N) is 1. The maximum atomic E-state index is 12.8. The monoisotopic (exact) mass is 385 g/mol. The zero-order valence-electron chi connectivity index (χ0n) is 15.0. The van der Waals surface area contributed by atoms with Crippen molar-refractivity contribution in [2.24, 2.45) is 0 Å². The molecule has 1 amide bonds. The van der Waals surface area contributed by atoms with Crippen LogP contribution in [0.15, 0.2) is 54.7 Å². The number of imidazole rings is 1. The van der Waals surface area contributed by atoms with Gasteiger partial charge in [0, 0.05) is 35.2 Å². The van der Waals surface area contributed by atoms with E-state index in [0.29, 0.717) is 5.69 Å². The lowest BCUT2D eigenvalue weighted by atomic mass is 10.1. The highest BCUT2D eigenvalue weighted by Gasteiger charge is 2.30. The molecule has 1 N–H and O–H groups in total. The molecule has 0 bridgehead atoms. The Kier molecular flexibility index (Phi) is 4.66. The van der Waals surface area contributed by atoms with Gasteiger partial charge in [0.2, 0.25) is 0 Å². The number of anilines is 1. The third-order valence-electron chi connectivity index (χ3n) is 4.86. The minimum atomic E-state index is -4.48. The van der Waals surface area contributed by atoms with Crippen molar-refractivity contribution in [2.75, 3.05) is 5.32 Å². The Morgan fingerprint density at radius 3 is 2.61 bits per heavy atom. The highest BCUT2D eigenvalue weighted by Crippen LogP contribution is 2.30. The summed E-state index contributed by atoms with van der Waals surface area (Å²) < 4.78 is 40.7. The van der Waals surface area contributed by atoms with Crippen LogP contribution in [-0.2, 0) is 19.1 Å². The van der Waals surface area contributed by atoms with Gasteiger partial charge in [-0.1, -0.05) is 6.07 Å². The van der Waals surface area contributed by atoms with Gasteiger partial charge in [0.15, 0.2) is 0 Å². The first kappa shape index (κ1) is 18.3. The number of amides is 1. The van der Waals surface area contributed by atoms with Crippen LogP contribution in [-0.4, -0.2) is 15.5 Å². The number of benzene rings is 2. The molecule has 0 saturated heterocycles. The van der Waals surface area contributed by atoms with E-state index in [1.807, 2.05) is 18.3 Å². The molecule has 7 heteroatoms. The van der Waals surface area contributed by atoms with Gasteiger partial charge in [-0.25, -0.2) is 4.98 Å². The van der Waals surface area contributed by atoms with Crippen molar-refractivity contribution in [1.29, 1.82) is 0 Å². The van der Waals surface area contributed by atoms with E-state index < -0.39 is 17.6 Å². The predicted octanol–water partition coefficient (Wildman–Crippen LogP) is 5.16. The molecule has 0 saturated carbocycles. The van der Waals surface area contributed by atoms with E-state index in [2.05, 4.69) is 14.9 Å². The molecule has 0 spiro atoms. The summed E-state index contributed by atoms with van der Waals surface area (Å²) in [5, 5.41) is 2.64. The lowest BCUT2D eigenvalue weighted by molar-refractivity contribution is -0.137. The van der Waals surface area contributed by atoms with E-state index in [4.69, 9.17) is 0 Å². The Morgan fingerprint density at radius 2 is 1.86 bits per heavy atom. The van der Waals surface area contributed by atoms with Crippen LogP contribution in [0.3, 0.4) is 0 Å². The summed E-state index contributed by atoms with van der Waals surface area (Å²) in [4.78, 5) is 16.8. The summed E-state index contributed by atoms with van der Waals surface area (Å²) in [6.07, 6.45) is 0.740. The van der Waals surface area contributed by atoms with Gasteiger partial charge in [-0.2, -0.15) is 13.2 Å². The molecule has 0 atom stereocenters. The van der Waals surface area contributed by atoms with Crippen LogP contribution in [0.2, 0.25) is 0 Å². The van der Waals surface area contributed by atoms with Gasteiger partial charge in [0.05, 0.1) is 5.56 Å². The Hall–Kier alpha value is -3.09. The Bertz CT molecular complexity index is 1010. The van der Waals surface area contributed by atoms with E-state index >= 15 is 0 Å². The van der Waals surface area contributed by atoms with Crippen molar-refractivity contribution in [3.8, 4) is 11.4 Å². The number of aromatic nitrogens is 2. The summed E-state index contributed by atoms with van der Waals surface area (Å²) in [6, 6.07) is 11.5. The zero-order chi connectivity index (χ0) is 19.7. The zero-order valence-corrected chi connectivity index (χ0v) is 15.0. The SMILES string of the molecule is O=C(Nc1ccc(-c2ncc3n2CCCC3)cc1)c1cccc(C(F)(F)F)c1. The van der Waals surface area contributed by atoms with Gasteiger partial charge < -0.3 is 9.88 Å². The molecule has 1 aromatic heterocycles. The first-order valence-corrected chi connectivity index (χ1v) is 9.05. The number of halogens is 3. The van der Waals surface area contributed by atoms with Crippen LogP contribution < -0.4 is 5.32 Å². The number of hydrogen-bond acceptors (Lipinski definition) is 2. The number of rotatable bonds is 3. The van der Waals surface area contributed by atoms with Crippen molar-refractivity contribution in [3.63, 3.8) is 0 Å². The van der Waals surface area contributed by atoms with Crippen molar-refractivity contribution < 1.29 is 18.0 Å². The first-order valence-electron chi connectivity index (χ1n) is 9.05. The molecule has 2 heterocycles. The van der Waals surface area contributed by atoms with Crippen LogP contribution in [0.1, 0.15) is 34.5 Å². The van der Waals surface area contributed by atoms with Gasteiger partial charge >= 0.3 is 6.18 Å².